The monoisotopic (exact) mass is 402 g/mol. The molecule has 6 nitrogen and oxygen atoms in total. The molecule has 30 heavy (non-hydrogen) atoms. The van der Waals surface area contributed by atoms with E-state index in [-0.39, 0.29) is 18.1 Å². The number of benzene rings is 3. The van der Waals surface area contributed by atoms with Crippen molar-refractivity contribution in [2.24, 2.45) is 0 Å². The van der Waals surface area contributed by atoms with Crippen molar-refractivity contribution >= 4 is 28.8 Å². The lowest BCUT2D eigenvalue weighted by molar-refractivity contribution is -0.123. The number of hydrogen-bond donors (Lipinski definition) is 1. The highest BCUT2D eigenvalue weighted by Gasteiger charge is 2.33. The Morgan fingerprint density at radius 2 is 1.70 bits per heavy atom. The fourth-order valence-corrected chi connectivity index (χ4v) is 3.49. The lowest BCUT2D eigenvalue weighted by atomic mass is 10.0. The van der Waals surface area contributed by atoms with Crippen molar-refractivity contribution in [1.82, 2.24) is 10.2 Å². The molecule has 4 rings (SSSR count). The number of urea groups is 1. The Kier molecular flexibility index (Phi) is 5.14. The number of rotatable bonds is 5. The molecule has 3 aromatic carbocycles. The number of nitrogens with zero attached hydrogens (tertiary/aromatic N) is 1. The van der Waals surface area contributed by atoms with Gasteiger partial charge in [-0.3, -0.25) is 9.69 Å². The molecule has 0 saturated carbocycles. The molecule has 1 N–H and O–H groups in total. The molecule has 0 atom stereocenters. The molecule has 3 amide bonds. The van der Waals surface area contributed by atoms with Crippen LogP contribution in [-0.2, 0) is 11.3 Å². The summed E-state index contributed by atoms with van der Waals surface area (Å²) in [5, 5.41) is 4.52. The van der Waals surface area contributed by atoms with Crippen LogP contribution in [0.1, 0.15) is 16.7 Å². The van der Waals surface area contributed by atoms with Gasteiger partial charge in [0.2, 0.25) is 0 Å². The Bertz CT molecular complexity index is 1160. The van der Waals surface area contributed by atoms with Gasteiger partial charge in [0, 0.05) is 5.56 Å². The first-order chi connectivity index (χ1) is 14.5. The van der Waals surface area contributed by atoms with Gasteiger partial charge in [0.1, 0.15) is 17.2 Å². The van der Waals surface area contributed by atoms with Crippen LogP contribution in [0, 0.1) is 6.92 Å². The van der Waals surface area contributed by atoms with Gasteiger partial charge in [0.25, 0.3) is 5.91 Å². The van der Waals surface area contributed by atoms with E-state index in [2.05, 4.69) is 5.32 Å². The number of methoxy groups -OCH3 is 2. The Labute approximate surface area is 174 Å². The maximum Gasteiger partial charge on any atom is 0.329 e. The zero-order valence-electron chi connectivity index (χ0n) is 17.1. The van der Waals surface area contributed by atoms with Gasteiger partial charge >= 0.3 is 6.03 Å². The summed E-state index contributed by atoms with van der Waals surface area (Å²) < 4.78 is 10.9. The Hall–Kier alpha value is -3.80. The third-order valence-corrected chi connectivity index (χ3v) is 5.16. The van der Waals surface area contributed by atoms with Crippen LogP contribution in [0.2, 0.25) is 0 Å². The van der Waals surface area contributed by atoms with Crippen LogP contribution in [0.3, 0.4) is 0 Å². The lowest BCUT2D eigenvalue weighted by Gasteiger charge is -2.12. The second kappa shape index (κ2) is 7.91. The third kappa shape index (κ3) is 3.59. The summed E-state index contributed by atoms with van der Waals surface area (Å²) in [7, 11) is 3.17. The lowest BCUT2D eigenvalue weighted by Crippen LogP contribution is -2.30. The van der Waals surface area contributed by atoms with E-state index in [4.69, 9.17) is 9.47 Å². The van der Waals surface area contributed by atoms with Gasteiger partial charge in [-0.05, 0) is 47.5 Å². The molecule has 0 bridgehead atoms. The summed E-state index contributed by atoms with van der Waals surface area (Å²) in [4.78, 5) is 26.6. The first-order valence-corrected chi connectivity index (χ1v) is 9.55. The van der Waals surface area contributed by atoms with Gasteiger partial charge in [0.05, 0.1) is 20.8 Å². The van der Waals surface area contributed by atoms with Crippen molar-refractivity contribution in [2.45, 2.75) is 13.5 Å². The number of fused-ring (bicyclic) bond motifs is 1. The molecule has 1 fully saturated rings. The molecule has 3 aromatic rings. The van der Waals surface area contributed by atoms with Crippen LogP contribution < -0.4 is 14.8 Å². The summed E-state index contributed by atoms with van der Waals surface area (Å²) in [6, 6.07) is 16.8. The maximum atomic E-state index is 13.0. The number of imide groups is 1. The predicted octanol–water partition coefficient (Wildman–Crippen LogP) is 4.26. The van der Waals surface area contributed by atoms with Gasteiger partial charge in [-0.15, -0.1) is 0 Å². The molecule has 0 aromatic heterocycles. The highest BCUT2D eigenvalue weighted by molar-refractivity contribution is 6.14. The largest absolute Gasteiger partial charge is 0.497 e. The average molecular weight is 402 g/mol. The number of amides is 3. The molecule has 0 unspecified atom stereocenters. The van der Waals surface area contributed by atoms with Crippen molar-refractivity contribution in [1.29, 1.82) is 0 Å². The summed E-state index contributed by atoms with van der Waals surface area (Å²) >= 11 is 0. The quantitative estimate of drug-likeness (QED) is 0.512. The number of carbonyl (C=O) groups is 2. The molecule has 0 radical (unpaired) electrons. The van der Waals surface area contributed by atoms with E-state index in [0.29, 0.717) is 17.1 Å². The van der Waals surface area contributed by atoms with Crippen molar-refractivity contribution in [3.63, 3.8) is 0 Å². The predicted molar refractivity (Wildman–Crippen MR) is 115 cm³/mol. The average Bonchev–Trinajstić information content (AvgIpc) is 3.02. The zero-order chi connectivity index (χ0) is 21.3. The third-order valence-electron chi connectivity index (χ3n) is 5.16. The first kappa shape index (κ1) is 19.5. The number of hydrogen-bond acceptors (Lipinski definition) is 4. The first-order valence-electron chi connectivity index (χ1n) is 9.55. The van der Waals surface area contributed by atoms with Crippen molar-refractivity contribution < 1.29 is 19.1 Å². The van der Waals surface area contributed by atoms with Crippen LogP contribution in [0.15, 0.2) is 60.3 Å². The Balaban J connectivity index is 1.72. The number of carbonyl (C=O) groups excluding carboxylic acids is 2. The van der Waals surface area contributed by atoms with E-state index >= 15 is 0 Å². The molecular formula is C24H22N2O4. The summed E-state index contributed by atoms with van der Waals surface area (Å²) in [5.74, 6) is 0.919. The molecular weight excluding hydrogens is 380 g/mol. The fourth-order valence-electron chi connectivity index (χ4n) is 3.49. The molecule has 0 aliphatic carbocycles. The van der Waals surface area contributed by atoms with E-state index in [1.807, 2.05) is 61.5 Å². The number of ether oxygens (including phenoxy) is 2. The summed E-state index contributed by atoms with van der Waals surface area (Å²) in [5.41, 5.74) is 2.92. The second-order valence-electron chi connectivity index (χ2n) is 7.13. The molecule has 6 heteroatoms. The molecule has 152 valence electrons. The SMILES string of the molecule is COc1ccc2ccc(OC)c(C=C3NC(=O)N(Cc4ccc(C)cc4)C3=O)c2c1. The molecule has 1 aliphatic rings. The summed E-state index contributed by atoms with van der Waals surface area (Å²) in [6.45, 7) is 2.20. The van der Waals surface area contributed by atoms with E-state index in [9.17, 15) is 9.59 Å². The smallest absolute Gasteiger partial charge is 0.329 e. The van der Waals surface area contributed by atoms with Crippen LogP contribution >= 0.6 is 0 Å². The van der Waals surface area contributed by atoms with E-state index < -0.39 is 6.03 Å². The minimum Gasteiger partial charge on any atom is -0.497 e. The standard InChI is InChI=1S/C24H22N2O4/c1-15-4-6-16(7-5-15)14-26-23(27)21(25-24(26)28)13-20-19-12-18(29-2)10-8-17(19)9-11-22(20)30-3/h4-13H,14H2,1-3H3,(H,25,28). The second-order valence-corrected chi connectivity index (χ2v) is 7.13. The minimum atomic E-state index is -0.441. The van der Waals surface area contributed by atoms with Crippen LogP contribution in [0.5, 0.6) is 11.5 Å². The van der Waals surface area contributed by atoms with E-state index in [0.717, 1.165) is 21.9 Å². The van der Waals surface area contributed by atoms with Crippen LogP contribution in [-0.4, -0.2) is 31.1 Å². The highest BCUT2D eigenvalue weighted by atomic mass is 16.5. The van der Waals surface area contributed by atoms with Gasteiger partial charge in [-0.1, -0.05) is 42.0 Å². The van der Waals surface area contributed by atoms with Crippen LogP contribution in [0.4, 0.5) is 4.79 Å². The summed E-state index contributed by atoms with van der Waals surface area (Å²) in [6.07, 6.45) is 1.66. The molecule has 1 aliphatic heterocycles. The van der Waals surface area contributed by atoms with Crippen molar-refractivity contribution in [2.75, 3.05) is 14.2 Å². The maximum absolute atomic E-state index is 13.0. The van der Waals surface area contributed by atoms with Gasteiger partial charge in [-0.2, -0.15) is 0 Å². The molecule has 1 heterocycles. The number of nitrogens with one attached hydrogen (secondary N) is 1. The normalized spacial score (nSPS) is 15.0. The van der Waals surface area contributed by atoms with E-state index in [1.165, 1.54) is 4.90 Å². The Morgan fingerprint density at radius 3 is 2.40 bits per heavy atom. The van der Waals surface area contributed by atoms with Gasteiger partial charge in [0.15, 0.2) is 0 Å². The molecule has 1 saturated heterocycles. The van der Waals surface area contributed by atoms with Crippen molar-refractivity contribution in [3.05, 3.63) is 77.0 Å². The number of aryl methyl sites for hydroxylation is 1. The fraction of sp³-hybridized carbons (Fsp3) is 0.167. The topological polar surface area (TPSA) is 67.9 Å². The minimum absolute atomic E-state index is 0.209. The Morgan fingerprint density at radius 1 is 0.967 bits per heavy atom. The van der Waals surface area contributed by atoms with Crippen molar-refractivity contribution in [3.8, 4) is 11.5 Å². The van der Waals surface area contributed by atoms with Crippen LogP contribution in [0.25, 0.3) is 16.8 Å². The zero-order valence-corrected chi connectivity index (χ0v) is 17.1. The van der Waals surface area contributed by atoms with Gasteiger partial charge < -0.3 is 14.8 Å². The highest BCUT2D eigenvalue weighted by Crippen LogP contribution is 2.33. The van der Waals surface area contributed by atoms with Gasteiger partial charge in [-0.25, -0.2) is 4.79 Å². The molecule has 0 spiro atoms. The van der Waals surface area contributed by atoms with E-state index in [1.54, 1.807) is 20.3 Å².